The molecule has 1 heterocycles. The van der Waals surface area contributed by atoms with E-state index in [1.54, 1.807) is 7.11 Å². The number of ether oxygens (including phenoxy) is 1. The van der Waals surface area contributed by atoms with Crippen LogP contribution < -0.4 is 15.8 Å². The number of hydrogen-bond donors (Lipinski definition) is 2. The van der Waals surface area contributed by atoms with Crippen LogP contribution in [-0.2, 0) is 0 Å². The maximum Gasteiger partial charge on any atom is 0.221 e. The number of hydrogen-bond acceptors (Lipinski definition) is 5. The van der Waals surface area contributed by atoms with Gasteiger partial charge in [-0.2, -0.15) is 0 Å². The molecule has 0 fully saturated rings. The molecule has 0 bridgehead atoms. The first-order chi connectivity index (χ1) is 9.13. The van der Waals surface area contributed by atoms with E-state index < -0.39 is 0 Å². The summed E-state index contributed by atoms with van der Waals surface area (Å²) in [4.78, 5) is 8.30. The predicted molar refractivity (Wildman–Crippen MR) is 76.2 cm³/mol. The summed E-state index contributed by atoms with van der Waals surface area (Å²) in [7, 11) is 1.59. The summed E-state index contributed by atoms with van der Waals surface area (Å²) in [5.74, 6) is 1.33. The van der Waals surface area contributed by atoms with Gasteiger partial charge in [0.2, 0.25) is 5.88 Å². The molecule has 1 atom stereocenters. The van der Waals surface area contributed by atoms with E-state index in [1.165, 1.54) is 6.33 Å². The molecule has 0 amide bonds. The monoisotopic (exact) mass is 258 g/mol. The fraction of sp³-hybridized carbons (Fsp3) is 0.286. The number of nitrogens with two attached hydrogens (primary N) is 1. The summed E-state index contributed by atoms with van der Waals surface area (Å²) in [6, 6.07) is 7.84. The van der Waals surface area contributed by atoms with Crippen LogP contribution in [0.1, 0.15) is 24.1 Å². The molecular weight excluding hydrogens is 240 g/mol. The topological polar surface area (TPSA) is 73.1 Å². The Balaban J connectivity index is 2.24. The number of nitrogens with zero attached hydrogens (tertiary/aromatic N) is 2. The van der Waals surface area contributed by atoms with Gasteiger partial charge in [-0.3, -0.25) is 0 Å². The van der Waals surface area contributed by atoms with Gasteiger partial charge in [-0.1, -0.05) is 18.2 Å². The van der Waals surface area contributed by atoms with Crippen LogP contribution in [0.5, 0.6) is 5.88 Å². The average molecular weight is 258 g/mol. The van der Waals surface area contributed by atoms with Crippen LogP contribution in [0.25, 0.3) is 0 Å². The van der Waals surface area contributed by atoms with Gasteiger partial charge in [0.15, 0.2) is 0 Å². The van der Waals surface area contributed by atoms with Crippen molar-refractivity contribution in [2.45, 2.75) is 19.9 Å². The van der Waals surface area contributed by atoms with Crippen molar-refractivity contribution < 1.29 is 4.74 Å². The normalized spacial score (nSPS) is 11.9. The first-order valence-corrected chi connectivity index (χ1v) is 6.10. The summed E-state index contributed by atoms with van der Waals surface area (Å²) in [5.41, 5.74) is 8.66. The third-order valence-corrected chi connectivity index (χ3v) is 3.05. The van der Waals surface area contributed by atoms with Crippen LogP contribution in [0.4, 0.5) is 11.5 Å². The number of nitrogens with one attached hydrogen (secondary N) is 1. The molecule has 1 aromatic carbocycles. The maximum atomic E-state index is 5.97. The molecule has 0 saturated carbocycles. The molecule has 19 heavy (non-hydrogen) atoms. The molecule has 1 aromatic heterocycles. The first kappa shape index (κ1) is 13.1. The molecule has 0 aliphatic rings. The van der Waals surface area contributed by atoms with Gasteiger partial charge in [-0.25, -0.2) is 9.97 Å². The van der Waals surface area contributed by atoms with E-state index in [9.17, 15) is 0 Å². The third-order valence-electron chi connectivity index (χ3n) is 3.05. The summed E-state index contributed by atoms with van der Waals surface area (Å²) >= 11 is 0. The van der Waals surface area contributed by atoms with E-state index in [0.29, 0.717) is 5.88 Å². The minimum atomic E-state index is 0.0551. The van der Waals surface area contributed by atoms with Gasteiger partial charge in [0.25, 0.3) is 0 Å². The Morgan fingerprint density at radius 2 is 2.00 bits per heavy atom. The lowest BCUT2D eigenvalue weighted by atomic mass is 10.1. The predicted octanol–water partition coefficient (Wildman–Crippen LogP) is 2.55. The lowest BCUT2D eigenvalue weighted by Gasteiger charge is -2.18. The molecule has 0 radical (unpaired) electrons. The first-order valence-electron chi connectivity index (χ1n) is 6.10. The molecule has 2 rings (SSSR count). The number of rotatable bonds is 4. The zero-order valence-electron chi connectivity index (χ0n) is 11.3. The summed E-state index contributed by atoms with van der Waals surface area (Å²) in [6.45, 7) is 3.96. The van der Waals surface area contributed by atoms with Crippen LogP contribution in [-0.4, -0.2) is 17.1 Å². The Morgan fingerprint density at radius 3 is 2.68 bits per heavy atom. The lowest BCUT2D eigenvalue weighted by molar-refractivity contribution is 0.393. The van der Waals surface area contributed by atoms with Crippen LogP contribution in [0.2, 0.25) is 0 Å². The second-order valence-corrected chi connectivity index (χ2v) is 4.35. The number of aromatic nitrogens is 2. The average Bonchev–Trinajstić information content (AvgIpc) is 2.41. The highest BCUT2D eigenvalue weighted by Gasteiger charge is 2.12. The van der Waals surface area contributed by atoms with Gasteiger partial charge < -0.3 is 15.8 Å². The second-order valence-electron chi connectivity index (χ2n) is 4.35. The summed E-state index contributed by atoms with van der Waals surface area (Å²) in [5, 5.41) is 3.33. The minimum absolute atomic E-state index is 0.0551. The number of para-hydroxylation sites is 1. The fourth-order valence-corrected chi connectivity index (χ4v) is 1.97. The minimum Gasteiger partial charge on any atom is -0.481 e. The van der Waals surface area contributed by atoms with E-state index in [4.69, 9.17) is 10.5 Å². The quantitative estimate of drug-likeness (QED) is 0.824. The number of benzene rings is 1. The number of nitrogen functional groups attached to an aromatic ring is 1. The molecule has 1 unspecified atom stereocenters. The van der Waals surface area contributed by atoms with E-state index in [-0.39, 0.29) is 6.04 Å². The van der Waals surface area contributed by atoms with Gasteiger partial charge in [0, 0.05) is 5.69 Å². The summed E-state index contributed by atoms with van der Waals surface area (Å²) in [6.07, 6.45) is 1.48. The Kier molecular flexibility index (Phi) is 3.85. The molecule has 3 N–H and O–H groups in total. The van der Waals surface area contributed by atoms with Crippen molar-refractivity contribution in [1.29, 1.82) is 0 Å². The molecule has 5 heteroatoms. The molecule has 0 saturated heterocycles. The Bertz CT molecular complexity index is 571. The number of methoxy groups -OCH3 is 1. The lowest BCUT2D eigenvalue weighted by Crippen LogP contribution is -2.11. The highest BCUT2D eigenvalue weighted by atomic mass is 16.5. The van der Waals surface area contributed by atoms with Crippen molar-refractivity contribution in [3.63, 3.8) is 0 Å². The van der Waals surface area contributed by atoms with Gasteiger partial charge in [-0.15, -0.1) is 0 Å². The van der Waals surface area contributed by atoms with Crippen LogP contribution in [0.15, 0.2) is 30.6 Å². The molecular formula is C14H18N4O. The molecule has 100 valence electrons. The third kappa shape index (κ3) is 2.76. The fourth-order valence-electron chi connectivity index (χ4n) is 1.97. The van der Waals surface area contributed by atoms with Crippen molar-refractivity contribution in [2.75, 3.05) is 18.2 Å². The largest absolute Gasteiger partial charge is 0.481 e. The number of anilines is 2. The molecule has 5 nitrogen and oxygen atoms in total. The molecule has 0 aliphatic heterocycles. The second kappa shape index (κ2) is 5.56. The van der Waals surface area contributed by atoms with Crippen molar-refractivity contribution in [3.8, 4) is 5.88 Å². The van der Waals surface area contributed by atoms with Crippen LogP contribution >= 0.6 is 0 Å². The van der Waals surface area contributed by atoms with Gasteiger partial charge in [0.05, 0.1) is 18.7 Å². The van der Waals surface area contributed by atoms with Crippen LogP contribution in [0.3, 0.4) is 0 Å². The van der Waals surface area contributed by atoms with Crippen molar-refractivity contribution in [1.82, 2.24) is 9.97 Å². The van der Waals surface area contributed by atoms with Gasteiger partial charge >= 0.3 is 0 Å². The zero-order valence-corrected chi connectivity index (χ0v) is 11.3. The maximum absolute atomic E-state index is 5.97. The van der Waals surface area contributed by atoms with Crippen molar-refractivity contribution in [3.05, 3.63) is 41.7 Å². The standard InChI is InChI=1S/C14H18N4O/c1-9-13(16-8-17-14(9)19-3)18-10(2)11-6-4-5-7-12(11)15/h4-8,10H,15H2,1-3H3,(H,16,17,18). The Morgan fingerprint density at radius 1 is 1.26 bits per heavy atom. The van der Waals surface area contributed by atoms with E-state index in [1.807, 2.05) is 38.1 Å². The highest BCUT2D eigenvalue weighted by molar-refractivity contribution is 5.54. The Labute approximate surface area is 112 Å². The highest BCUT2D eigenvalue weighted by Crippen LogP contribution is 2.26. The van der Waals surface area contributed by atoms with Crippen LogP contribution in [0, 0.1) is 6.92 Å². The van der Waals surface area contributed by atoms with Crippen molar-refractivity contribution >= 4 is 11.5 Å². The molecule has 2 aromatic rings. The van der Waals surface area contributed by atoms with E-state index >= 15 is 0 Å². The zero-order chi connectivity index (χ0) is 13.8. The smallest absolute Gasteiger partial charge is 0.221 e. The molecule has 0 spiro atoms. The summed E-state index contributed by atoms with van der Waals surface area (Å²) < 4.78 is 5.18. The molecule has 0 aliphatic carbocycles. The van der Waals surface area contributed by atoms with Gasteiger partial charge in [-0.05, 0) is 25.5 Å². The SMILES string of the molecule is COc1ncnc(NC(C)c2ccccc2N)c1C. The van der Waals surface area contributed by atoms with E-state index in [2.05, 4.69) is 15.3 Å². The van der Waals surface area contributed by atoms with Crippen molar-refractivity contribution in [2.24, 2.45) is 0 Å². The van der Waals surface area contributed by atoms with Gasteiger partial charge in [0.1, 0.15) is 12.1 Å². The van der Waals surface area contributed by atoms with E-state index in [0.717, 1.165) is 22.6 Å². The Hall–Kier alpha value is -2.30.